The van der Waals surface area contributed by atoms with Crippen LogP contribution in [0.2, 0.25) is 0 Å². The lowest BCUT2D eigenvalue weighted by Gasteiger charge is -2.26. The molecule has 1 aliphatic rings. The first-order chi connectivity index (χ1) is 12.2. The molecule has 0 spiro atoms. The van der Waals surface area contributed by atoms with Crippen molar-refractivity contribution in [2.75, 3.05) is 38.3 Å². The first-order valence-corrected chi connectivity index (χ1v) is 8.60. The number of hydrogen-bond acceptors (Lipinski definition) is 7. The smallest absolute Gasteiger partial charge is 0.330 e. The van der Waals surface area contributed by atoms with Gasteiger partial charge >= 0.3 is 12.0 Å². The minimum absolute atomic E-state index is 0.184. The van der Waals surface area contributed by atoms with E-state index in [0.29, 0.717) is 38.0 Å². The number of nitrogens with zero attached hydrogens (tertiary/aromatic N) is 4. The van der Waals surface area contributed by atoms with Crippen molar-refractivity contribution in [1.29, 1.82) is 0 Å². The molecule has 0 bridgehead atoms. The highest BCUT2D eigenvalue weighted by Gasteiger charge is 2.18. The molecular formula is C16H16BrN5O3. The highest BCUT2D eigenvalue weighted by Crippen LogP contribution is 2.35. The molecule has 0 unspecified atom stereocenters. The minimum atomic E-state index is 0.184. The van der Waals surface area contributed by atoms with Crippen LogP contribution in [0.15, 0.2) is 28.9 Å². The third-order valence-corrected chi connectivity index (χ3v) is 4.71. The number of methoxy groups -OCH3 is 1. The molecule has 1 aliphatic heterocycles. The summed E-state index contributed by atoms with van der Waals surface area (Å²) < 4.78 is 17.3. The van der Waals surface area contributed by atoms with Gasteiger partial charge in [0.1, 0.15) is 5.75 Å². The van der Waals surface area contributed by atoms with Crippen molar-refractivity contribution < 1.29 is 14.2 Å². The minimum Gasteiger partial charge on any atom is -0.467 e. The number of rotatable bonds is 4. The fourth-order valence-electron chi connectivity index (χ4n) is 2.62. The van der Waals surface area contributed by atoms with E-state index >= 15 is 0 Å². The fraction of sp³-hybridized carbons (Fsp3) is 0.312. The third-order valence-electron chi connectivity index (χ3n) is 3.89. The number of benzene rings is 1. The van der Waals surface area contributed by atoms with E-state index in [-0.39, 0.29) is 12.0 Å². The van der Waals surface area contributed by atoms with E-state index in [1.165, 1.54) is 7.11 Å². The lowest BCUT2D eigenvalue weighted by Crippen LogP contribution is -2.37. The molecule has 1 saturated heterocycles. The summed E-state index contributed by atoms with van der Waals surface area (Å²) >= 11 is 3.57. The van der Waals surface area contributed by atoms with Gasteiger partial charge < -0.3 is 24.1 Å². The predicted octanol–water partition coefficient (Wildman–Crippen LogP) is 2.75. The van der Waals surface area contributed by atoms with E-state index in [4.69, 9.17) is 14.2 Å². The van der Waals surface area contributed by atoms with E-state index < -0.39 is 0 Å². The maximum Gasteiger partial charge on any atom is 0.330 e. The van der Waals surface area contributed by atoms with Crippen molar-refractivity contribution in [3.8, 4) is 17.8 Å². The van der Waals surface area contributed by atoms with Crippen LogP contribution < -0.4 is 14.4 Å². The maximum atomic E-state index is 5.90. The molecule has 1 N–H and O–H groups in total. The van der Waals surface area contributed by atoms with Gasteiger partial charge in [0.05, 0.1) is 24.8 Å². The molecule has 3 heterocycles. The molecule has 2 aromatic heterocycles. The van der Waals surface area contributed by atoms with Gasteiger partial charge in [0.2, 0.25) is 5.95 Å². The molecule has 130 valence electrons. The van der Waals surface area contributed by atoms with Crippen molar-refractivity contribution in [3.05, 3.63) is 28.9 Å². The lowest BCUT2D eigenvalue weighted by molar-refractivity contribution is 0.122. The van der Waals surface area contributed by atoms with Gasteiger partial charge in [-0.05, 0) is 34.1 Å². The second-order valence-corrected chi connectivity index (χ2v) is 6.22. The van der Waals surface area contributed by atoms with E-state index in [1.54, 1.807) is 0 Å². The Morgan fingerprint density at radius 2 is 1.92 bits per heavy atom. The standard InChI is InChI=1S/C16H16BrN5O3/c1-23-15-19-14(22-6-8-24-9-7-22)20-16(21-15)25-12-3-2-11-10(13(12)17)4-5-18-11/h2-5,18H,6-9H2,1H3. The van der Waals surface area contributed by atoms with E-state index in [1.807, 2.05) is 29.3 Å². The monoisotopic (exact) mass is 405 g/mol. The van der Waals surface area contributed by atoms with Gasteiger partial charge in [0.25, 0.3) is 0 Å². The number of aromatic amines is 1. The quantitative estimate of drug-likeness (QED) is 0.713. The van der Waals surface area contributed by atoms with Crippen LogP contribution >= 0.6 is 15.9 Å². The highest BCUT2D eigenvalue weighted by atomic mass is 79.9. The number of morpholine rings is 1. The largest absolute Gasteiger partial charge is 0.467 e. The van der Waals surface area contributed by atoms with Crippen LogP contribution in [0.1, 0.15) is 0 Å². The Labute approximate surface area is 152 Å². The number of ether oxygens (including phenoxy) is 3. The Hall–Kier alpha value is -2.39. The van der Waals surface area contributed by atoms with Crippen molar-refractivity contribution in [2.24, 2.45) is 0 Å². The second-order valence-electron chi connectivity index (χ2n) is 5.42. The molecule has 0 saturated carbocycles. The molecule has 0 amide bonds. The summed E-state index contributed by atoms with van der Waals surface area (Å²) in [4.78, 5) is 18.1. The summed E-state index contributed by atoms with van der Waals surface area (Å²) in [7, 11) is 1.52. The van der Waals surface area contributed by atoms with Gasteiger partial charge in [-0.3, -0.25) is 0 Å². The molecule has 1 fully saturated rings. The van der Waals surface area contributed by atoms with Gasteiger partial charge in [0.15, 0.2) is 0 Å². The van der Waals surface area contributed by atoms with Gasteiger partial charge in [-0.2, -0.15) is 9.97 Å². The van der Waals surface area contributed by atoms with Crippen LogP contribution in [0.5, 0.6) is 17.8 Å². The van der Waals surface area contributed by atoms with E-state index in [2.05, 4.69) is 35.9 Å². The molecule has 9 heteroatoms. The third kappa shape index (κ3) is 3.24. The normalized spacial score (nSPS) is 14.7. The summed E-state index contributed by atoms with van der Waals surface area (Å²) in [5.74, 6) is 1.14. The summed E-state index contributed by atoms with van der Waals surface area (Å²) in [6.07, 6.45) is 1.88. The SMILES string of the molecule is COc1nc(Oc2ccc3[nH]ccc3c2Br)nc(N2CCOCC2)n1. The zero-order chi connectivity index (χ0) is 17.2. The summed E-state index contributed by atoms with van der Waals surface area (Å²) in [6.45, 7) is 2.71. The zero-order valence-corrected chi connectivity index (χ0v) is 15.1. The average molecular weight is 406 g/mol. The Morgan fingerprint density at radius 3 is 2.72 bits per heavy atom. The zero-order valence-electron chi connectivity index (χ0n) is 13.5. The first kappa shape index (κ1) is 16.1. The topological polar surface area (TPSA) is 85.4 Å². The Kier molecular flexibility index (Phi) is 4.41. The number of aromatic nitrogens is 4. The maximum absolute atomic E-state index is 5.90. The Balaban J connectivity index is 1.67. The van der Waals surface area contributed by atoms with Crippen LogP contribution in [-0.2, 0) is 4.74 Å². The molecule has 25 heavy (non-hydrogen) atoms. The van der Waals surface area contributed by atoms with E-state index in [0.717, 1.165) is 15.4 Å². The number of H-pyrrole nitrogens is 1. The van der Waals surface area contributed by atoms with Crippen molar-refractivity contribution in [3.63, 3.8) is 0 Å². The van der Waals surface area contributed by atoms with Crippen LogP contribution in [0, 0.1) is 0 Å². The Bertz CT molecular complexity index is 895. The van der Waals surface area contributed by atoms with Gasteiger partial charge in [-0.15, -0.1) is 4.98 Å². The summed E-state index contributed by atoms with van der Waals surface area (Å²) in [5, 5.41) is 1.02. The number of anilines is 1. The molecule has 8 nitrogen and oxygen atoms in total. The van der Waals surface area contributed by atoms with Crippen molar-refractivity contribution >= 4 is 32.8 Å². The molecule has 0 aliphatic carbocycles. The molecule has 1 aromatic carbocycles. The number of hydrogen-bond donors (Lipinski definition) is 1. The number of fused-ring (bicyclic) bond motifs is 1. The molecular weight excluding hydrogens is 390 g/mol. The van der Waals surface area contributed by atoms with Gasteiger partial charge in [-0.25, -0.2) is 0 Å². The van der Waals surface area contributed by atoms with Crippen LogP contribution in [0.4, 0.5) is 5.95 Å². The van der Waals surface area contributed by atoms with Crippen LogP contribution in [-0.4, -0.2) is 53.3 Å². The average Bonchev–Trinajstić information content (AvgIpc) is 3.14. The van der Waals surface area contributed by atoms with Gasteiger partial charge in [0, 0.05) is 30.2 Å². The van der Waals surface area contributed by atoms with Crippen LogP contribution in [0.3, 0.4) is 0 Å². The predicted molar refractivity (Wildman–Crippen MR) is 95.5 cm³/mol. The fourth-order valence-corrected chi connectivity index (χ4v) is 3.18. The molecule has 3 aromatic rings. The molecule has 0 radical (unpaired) electrons. The van der Waals surface area contributed by atoms with Gasteiger partial charge in [-0.1, -0.05) is 0 Å². The van der Waals surface area contributed by atoms with E-state index in [9.17, 15) is 0 Å². The second kappa shape index (κ2) is 6.85. The Morgan fingerprint density at radius 1 is 1.12 bits per heavy atom. The summed E-state index contributed by atoms with van der Waals surface area (Å²) in [5.41, 5.74) is 1.02. The lowest BCUT2D eigenvalue weighted by atomic mass is 10.2. The molecule has 0 atom stereocenters. The number of halogens is 1. The van der Waals surface area contributed by atoms with Crippen molar-refractivity contribution in [1.82, 2.24) is 19.9 Å². The summed E-state index contributed by atoms with van der Waals surface area (Å²) in [6, 6.07) is 6.17. The first-order valence-electron chi connectivity index (χ1n) is 7.81. The highest BCUT2D eigenvalue weighted by molar-refractivity contribution is 9.10. The van der Waals surface area contributed by atoms with Crippen LogP contribution in [0.25, 0.3) is 10.9 Å². The number of nitrogens with one attached hydrogen (secondary N) is 1. The molecule has 4 rings (SSSR count). The van der Waals surface area contributed by atoms with Crippen molar-refractivity contribution in [2.45, 2.75) is 0 Å².